The Balaban J connectivity index is 2.29. The summed E-state index contributed by atoms with van der Waals surface area (Å²) in [4.78, 5) is 19.5. The minimum atomic E-state index is -0.539. The predicted molar refractivity (Wildman–Crippen MR) is 80.9 cm³/mol. The van der Waals surface area contributed by atoms with Crippen LogP contribution in [0.1, 0.15) is 10.5 Å². The SMILES string of the molecule is COCCOc1cccc(-c2cc(C(=O)NN)nc(N)n2)c1. The number of hydrogen-bond acceptors (Lipinski definition) is 7. The van der Waals surface area contributed by atoms with Crippen LogP contribution < -0.4 is 21.7 Å². The van der Waals surface area contributed by atoms with Crippen LogP contribution in [-0.2, 0) is 4.74 Å². The Morgan fingerprint density at radius 1 is 1.27 bits per heavy atom. The molecule has 0 bridgehead atoms. The normalized spacial score (nSPS) is 10.3. The topological polar surface area (TPSA) is 125 Å². The number of anilines is 1. The van der Waals surface area contributed by atoms with Crippen LogP contribution in [0.3, 0.4) is 0 Å². The second-order valence-electron chi connectivity index (χ2n) is 4.34. The minimum absolute atomic E-state index is 0.0122. The Labute approximate surface area is 127 Å². The zero-order chi connectivity index (χ0) is 15.9. The highest BCUT2D eigenvalue weighted by Gasteiger charge is 2.11. The van der Waals surface area contributed by atoms with Crippen molar-refractivity contribution in [3.05, 3.63) is 36.0 Å². The predicted octanol–water partition coefficient (Wildman–Crippen LogP) is 0.355. The van der Waals surface area contributed by atoms with Crippen molar-refractivity contribution in [2.24, 2.45) is 5.84 Å². The molecule has 0 aliphatic carbocycles. The summed E-state index contributed by atoms with van der Waals surface area (Å²) in [5.74, 6) is 5.21. The summed E-state index contributed by atoms with van der Waals surface area (Å²) >= 11 is 0. The zero-order valence-electron chi connectivity index (χ0n) is 12.1. The maximum absolute atomic E-state index is 11.6. The first-order valence-corrected chi connectivity index (χ1v) is 6.51. The average molecular weight is 303 g/mol. The van der Waals surface area contributed by atoms with Crippen LogP contribution in [0.4, 0.5) is 5.95 Å². The van der Waals surface area contributed by atoms with Gasteiger partial charge in [0.2, 0.25) is 5.95 Å². The molecule has 8 nitrogen and oxygen atoms in total. The lowest BCUT2D eigenvalue weighted by Crippen LogP contribution is -2.31. The highest BCUT2D eigenvalue weighted by atomic mass is 16.5. The number of aromatic nitrogens is 2. The number of benzene rings is 1. The van der Waals surface area contributed by atoms with Gasteiger partial charge in [0, 0.05) is 12.7 Å². The van der Waals surface area contributed by atoms with E-state index >= 15 is 0 Å². The van der Waals surface area contributed by atoms with Gasteiger partial charge in [-0.15, -0.1) is 0 Å². The Hall–Kier alpha value is -2.71. The summed E-state index contributed by atoms with van der Waals surface area (Å²) in [5, 5.41) is 0. The van der Waals surface area contributed by atoms with Crippen molar-refractivity contribution in [3.8, 4) is 17.0 Å². The third-order valence-electron chi connectivity index (χ3n) is 2.79. The molecule has 0 saturated carbocycles. The average Bonchev–Trinajstić information content (AvgIpc) is 2.54. The van der Waals surface area contributed by atoms with Crippen molar-refractivity contribution >= 4 is 11.9 Å². The van der Waals surface area contributed by atoms with Crippen molar-refractivity contribution in [2.75, 3.05) is 26.1 Å². The van der Waals surface area contributed by atoms with Crippen LogP contribution in [0.15, 0.2) is 30.3 Å². The molecule has 1 amide bonds. The van der Waals surface area contributed by atoms with Gasteiger partial charge in [0.1, 0.15) is 18.1 Å². The molecule has 0 atom stereocenters. The summed E-state index contributed by atoms with van der Waals surface area (Å²) < 4.78 is 10.5. The first-order chi connectivity index (χ1) is 10.6. The molecule has 116 valence electrons. The highest BCUT2D eigenvalue weighted by Crippen LogP contribution is 2.23. The summed E-state index contributed by atoms with van der Waals surface area (Å²) in [6, 6.07) is 8.76. The second-order valence-corrected chi connectivity index (χ2v) is 4.34. The number of ether oxygens (including phenoxy) is 2. The Morgan fingerprint density at radius 3 is 2.82 bits per heavy atom. The van der Waals surface area contributed by atoms with Gasteiger partial charge in [0.05, 0.1) is 12.3 Å². The van der Waals surface area contributed by atoms with Crippen LogP contribution in [0.2, 0.25) is 0 Å². The van der Waals surface area contributed by atoms with E-state index in [0.717, 1.165) is 5.56 Å². The molecule has 0 aliphatic rings. The number of nitrogens with zero attached hydrogens (tertiary/aromatic N) is 2. The second kappa shape index (κ2) is 7.34. The summed E-state index contributed by atoms with van der Waals surface area (Å²) in [5.41, 5.74) is 8.99. The van der Waals surface area contributed by atoms with E-state index in [1.54, 1.807) is 13.2 Å². The first-order valence-electron chi connectivity index (χ1n) is 6.51. The monoisotopic (exact) mass is 303 g/mol. The van der Waals surface area contributed by atoms with Gasteiger partial charge in [-0.1, -0.05) is 12.1 Å². The van der Waals surface area contributed by atoms with E-state index in [1.807, 2.05) is 23.6 Å². The zero-order valence-corrected chi connectivity index (χ0v) is 12.1. The maximum atomic E-state index is 11.6. The van der Waals surface area contributed by atoms with Crippen LogP contribution in [-0.4, -0.2) is 36.2 Å². The molecule has 5 N–H and O–H groups in total. The van der Waals surface area contributed by atoms with Gasteiger partial charge >= 0.3 is 0 Å². The fourth-order valence-electron chi connectivity index (χ4n) is 1.79. The minimum Gasteiger partial charge on any atom is -0.491 e. The lowest BCUT2D eigenvalue weighted by molar-refractivity contribution is 0.0948. The lowest BCUT2D eigenvalue weighted by atomic mass is 10.1. The molecule has 0 aliphatic heterocycles. The Bertz CT molecular complexity index is 663. The van der Waals surface area contributed by atoms with Gasteiger partial charge in [-0.05, 0) is 18.2 Å². The van der Waals surface area contributed by atoms with Gasteiger partial charge in [0.15, 0.2) is 0 Å². The van der Waals surface area contributed by atoms with E-state index in [2.05, 4.69) is 9.97 Å². The van der Waals surface area contributed by atoms with E-state index < -0.39 is 5.91 Å². The third kappa shape index (κ3) is 3.90. The number of carbonyl (C=O) groups excluding carboxylic acids is 1. The van der Waals surface area contributed by atoms with Gasteiger partial charge < -0.3 is 15.2 Å². The van der Waals surface area contributed by atoms with Gasteiger partial charge in [-0.25, -0.2) is 15.8 Å². The Kier molecular flexibility index (Phi) is 5.23. The fraction of sp³-hybridized carbons (Fsp3) is 0.214. The van der Waals surface area contributed by atoms with Crippen LogP contribution in [0, 0.1) is 0 Å². The highest BCUT2D eigenvalue weighted by molar-refractivity contribution is 5.93. The van der Waals surface area contributed by atoms with Crippen LogP contribution in [0.25, 0.3) is 11.3 Å². The molecule has 1 heterocycles. The van der Waals surface area contributed by atoms with E-state index in [1.165, 1.54) is 6.07 Å². The molecular formula is C14H17N5O3. The van der Waals surface area contributed by atoms with E-state index in [4.69, 9.17) is 21.1 Å². The number of nitrogen functional groups attached to an aromatic ring is 2. The molecule has 2 rings (SSSR count). The standard InChI is InChI=1S/C14H17N5O3/c1-21-5-6-22-10-4-2-3-9(7-10)11-8-12(13(20)19-16)18-14(15)17-11/h2-4,7-8H,5-6,16H2,1H3,(H,19,20)(H2,15,17,18). The first kappa shape index (κ1) is 15.7. The largest absolute Gasteiger partial charge is 0.491 e. The lowest BCUT2D eigenvalue weighted by Gasteiger charge is -2.08. The number of nitrogens with one attached hydrogen (secondary N) is 1. The van der Waals surface area contributed by atoms with Crippen molar-refractivity contribution < 1.29 is 14.3 Å². The van der Waals surface area contributed by atoms with Crippen molar-refractivity contribution in [3.63, 3.8) is 0 Å². The van der Waals surface area contributed by atoms with Crippen molar-refractivity contribution in [1.82, 2.24) is 15.4 Å². The van der Waals surface area contributed by atoms with E-state index in [9.17, 15) is 4.79 Å². The number of hydrogen-bond donors (Lipinski definition) is 3. The molecule has 1 aromatic carbocycles. The van der Waals surface area contributed by atoms with Gasteiger partial charge in [0.25, 0.3) is 5.91 Å². The van der Waals surface area contributed by atoms with Crippen LogP contribution >= 0.6 is 0 Å². The van der Waals surface area contributed by atoms with Crippen LogP contribution in [0.5, 0.6) is 5.75 Å². The maximum Gasteiger partial charge on any atom is 0.283 e. The molecule has 1 aromatic heterocycles. The van der Waals surface area contributed by atoms with Gasteiger partial charge in [-0.2, -0.15) is 0 Å². The number of methoxy groups -OCH3 is 1. The third-order valence-corrected chi connectivity index (χ3v) is 2.79. The molecule has 0 saturated heterocycles. The summed E-state index contributed by atoms with van der Waals surface area (Å²) in [7, 11) is 1.60. The number of carbonyl (C=O) groups is 1. The molecule has 0 unspecified atom stereocenters. The summed E-state index contributed by atoms with van der Waals surface area (Å²) in [6.45, 7) is 0.929. The fourth-order valence-corrected chi connectivity index (χ4v) is 1.79. The molecular weight excluding hydrogens is 286 g/mol. The molecule has 2 aromatic rings. The molecule has 22 heavy (non-hydrogen) atoms. The smallest absolute Gasteiger partial charge is 0.283 e. The number of hydrazine groups is 1. The molecule has 0 fully saturated rings. The van der Waals surface area contributed by atoms with Crippen molar-refractivity contribution in [1.29, 1.82) is 0 Å². The quantitative estimate of drug-likeness (QED) is 0.304. The number of amides is 1. The van der Waals surface area contributed by atoms with E-state index in [-0.39, 0.29) is 11.6 Å². The molecule has 8 heteroatoms. The van der Waals surface area contributed by atoms with Gasteiger partial charge in [-0.3, -0.25) is 10.2 Å². The molecule has 0 radical (unpaired) electrons. The van der Waals surface area contributed by atoms with Crippen molar-refractivity contribution in [2.45, 2.75) is 0 Å². The number of rotatable bonds is 6. The van der Waals surface area contributed by atoms with E-state index in [0.29, 0.717) is 24.7 Å². The summed E-state index contributed by atoms with van der Waals surface area (Å²) in [6.07, 6.45) is 0. The number of nitrogens with two attached hydrogens (primary N) is 2. The molecule has 0 spiro atoms. The Morgan fingerprint density at radius 2 is 2.09 bits per heavy atom.